The number of hydrogen-bond donors (Lipinski definition) is 0. The molecule has 2 heterocycles. The largest absolute Gasteiger partial charge is 0.349 e. The lowest BCUT2D eigenvalue weighted by Crippen LogP contribution is -2.34. The van der Waals surface area contributed by atoms with Gasteiger partial charge in [-0.1, -0.05) is 41.6 Å². The van der Waals surface area contributed by atoms with Crippen molar-refractivity contribution in [3.63, 3.8) is 0 Å². The lowest BCUT2D eigenvalue weighted by molar-refractivity contribution is -0.117. The van der Waals surface area contributed by atoms with E-state index in [1.54, 1.807) is 0 Å². The maximum atomic E-state index is 12.1. The molecule has 2 atom stereocenters. The van der Waals surface area contributed by atoms with Gasteiger partial charge in [-0.05, 0) is 12.5 Å². The molecule has 1 amide bonds. The first-order valence-corrected chi connectivity index (χ1v) is 9.81. The molecule has 1 aromatic rings. The molecule has 0 aliphatic carbocycles. The van der Waals surface area contributed by atoms with E-state index in [1.165, 1.54) is 11.8 Å². The van der Waals surface area contributed by atoms with Crippen LogP contribution < -0.4 is 0 Å². The summed E-state index contributed by atoms with van der Waals surface area (Å²) in [6.45, 7) is 1.99. The molecule has 0 N–H and O–H groups in total. The summed E-state index contributed by atoms with van der Waals surface area (Å²) >= 11 is 1.41. The van der Waals surface area contributed by atoms with Crippen LogP contribution in [-0.4, -0.2) is 54.2 Å². The third-order valence-electron chi connectivity index (χ3n) is 3.99. The zero-order valence-electron chi connectivity index (χ0n) is 12.5. The predicted molar refractivity (Wildman–Crippen MR) is 88.9 cm³/mol. The second-order valence-electron chi connectivity index (χ2n) is 5.87. The van der Waals surface area contributed by atoms with Crippen LogP contribution in [0.5, 0.6) is 0 Å². The number of rotatable bonds is 2. The summed E-state index contributed by atoms with van der Waals surface area (Å²) < 4.78 is 23.3. The summed E-state index contributed by atoms with van der Waals surface area (Å²) in [6, 6.07) is 7.75. The number of aryl methyl sites for hydroxylation is 1. The molecular formula is C15H18N2O3S2. The topological polar surface area (TPSA) is 66.8 Å². The fourth-order valence-electron chi connectivity index (χ4n) is 2.88. The molecule has 5 nitrogen and oxygen atoms in total. The van der Waals surface area contributed by atoms with Crippen LogP contribution in [0.2, 0.25) is 0 Å². The van der Waals surface area contributed by atoms with E-state index in [-0.39, 0.29) is 35.1 Å². The van der Waals surface area contributed by atoms with Gasteiger partial charge in [0.05, 0.1) is 24.0 Å². The van der Waals surface area contributed by atoms with Gasteiger partial charge < -0.3 is 4.90 Å². The maximum Gasteiger partial charge on any atom is 0.252 e. The molecule has 0 bridgehead atoms. The standard InChI is InChI=1S/C15H18N2O3S2/c1-10-4-3-5-11(6-10)7-14(18)16-15-17(2)12-8-22(19,20)9-13(12)21-15/h3-6,12-13H,7-9H2,1-2H3/t12-,13+/m1/s1. The van der Waals surface area contributed by atoms with Gasteiger partial charge in [-0.25, -0.2) is 8.42 Å². The monoisotopic (exact) mass is 338 g/mol. The Morgan fingerprint density at radius 2 is 2.18 bits per heavy atom. The summed E-state index contributed by atoms with van der Waals surface area (Å²) in [7, 11) is -1.13. The van der Waals surface area contributed by atoms with Gasteiger partial charge in [-0.3, -0.25) is 4.79 Å². The number of benzene rings is 1. The van der Waals surface area contributed by atoms with Crippen molar-refractivity contribution in [3.05, 3.63) is 35.4 Å². The van der Waals surface area contributed by atoms with Crippen LogP contribution in [-0.2, 0) is 21.1 Å². The predicted octanol–water partition coefficient (Wildman–Crippen LogP) is 1.26. The summed E-state index contributed by atoms with van der Waals surface area (Å²) in [5.74, 6) is 0.145. The quantitative estimate of drug-likeness (QED) is 0.812. The zero-order chi connectivity index (χ0) is 15.9. The number of fused-ring (bicyclic) bond motifs is 1. The maximum absolute atomic E-state index is 12.1. The third kappa shape index (κ3) is 3.20. The Kier molecular flexibility index (Phi) is 4.03. The minimum absolute atomic E-state index is 0.000481. The summed E-state index contributed by atoms with van der Waals surface area (Å²) in [4.78, 5) is 18.2. The lowest BCUT2D eigenvalue weighted by atomic mass is 10.1. The number of amidine groups is 1. The van der Waals surface area contributed by atoms with E-state index in [2.05, 4.69) is 4.99 Å². The van der Waals surface area contributed by atoms with E-state index in [0.717, 1.165) is 11.1 Å². The molecule has 118 valence electrons. The number of aliphatic imine (C=N–C) groups is 1. The van der Waals surface area contributed by atoms with E-state index in [4.69, 9.17) is 0 Å². The first-order valence-electron chi connectivity index (χ1n) is 7.11. The van der Waals surface area contributed by atoms with Gasteiger partial charge in [-0.2, -0.15) is 4.99 Å². The SMILES string of the molecule is Cc1cccc(CC(=O)N=C2S[C@H]3CS(=O)(=O)C[C@H]3N2C)c1. The number of sulfone groups is 1. The van der Waals surface area contributed by atoms with Crippen LogP contribution in [0.15, 0.2) is 29.3 Å². The van der Waals surface area contributed by atoms with Crippen molar-refractivity contribution in [2.75, 3.05) is 18.6 Å². The van der Waals surface area contributed by atoms with Crippen molar-refractivity contribution in [1.82, 2.24) is 4.90 Å². The van der Waals surface area contributed by atoms with Gasteiger partial charge in [0.1, 0.15) is 0 Å². The normalized spacial score (nSPS) is 28.1. The Morgan fingerprint density at radius 1 is 1.41 bits per heavy atom. The molecule has 0 aromatic heterocycles. The lowest BCUT2D eigenvalue weighted by Gasteiger charge is -2.17. The molecule has 22 heavy (non-hydrogen) atoms. The van der Waals surface area contributed by atoms with Crippen molar-refractivity contribution in [1.29, 1.82) is 0 Å². The van der Waals surface area contributed by atoms with Gasteiger partial charge in [0, 0.05) is 12.3 Å². The first kappa shape index (κ1) is 15.6. The fourth-order valence-corrected chi connectivity index (χ4v) is 6.89. The Morgan fingerprint density at radius 3 is 2.86 bits per heavy atom. The van der Waals surface area contributed by atoms with E-state index in [0.29, 0.717) is 5.17 Å². The minimum Gasteiger partial charge on any atom is -0.349 e. The first-order chi connectivity index (χ1) is 10.3. The number of thioether (sulfide) groups is 1. The van der Waals surface area contributed by atoms with Crippen molar-refractivity contribution >= 4 is 32.7 Å². The molecule has 2 aliphatic rings. The van der Waals surface area contributed by atoms with E-state index < -0.39 is 9.84 Å². The number of amides is 1. The highest BCUT2D eigenvalue weighted by Crippen LogP contribution is 2.36. The molecular weight excluding hydrogens is 320 g/mol. The highest BCUT2D eigenvalue weighted by molar-refractivity contribution is 8.15. The van der Waals surface area contributed by atoms with Gasteiger partial charge in [0.25, 0.3) is 5.91 Å². The molecule has 2 fully saturated rings. The molecule has 3 rings (SSSR count). The van der Waals surface area contributed by atoms with Crippen LogP contribution in [0.1, 0.15) is 11.1 Å². The van der Waals surface area contributed by atoms with Gasteiger partial charge >= 0.3 is 0 Å². The van der Waals surface area contributed by atoms with Crippen LogP contribution in [0.25, 0.3) is 0 Å². The second-order valence-corrected chi connectivity index (χ2v) is 9.23. The Hall–Kier alpha value is -1.34. The number of carbonyl (C=O) groups is 1. The molecule has 0 spiro atoms. The fraction of sp³-hybridized carbons (Fsp3) is 0.467. The molecule has 0 saturated carbocycles. The second kappa shape index (κ2) is 5.70. The van der Waals surface area contributed by atoms with Crippen LogP contribution >= 0.6 is 11.8 Å². The zero-order valence-corrected chi connectivity index (χ0v) is 14.2. The molecule has 0 unspecified atom stereocenters. The molecule has 1 aromatic carbocycles. The van der Waals surface area contributed by atoms with E-state index in [9.17, 15) is 13.2 Å². The summed E-state index contributed by atoms with van der Waals surface area (Å²) in [6.07, 6.45) is 0.271. The van der Waals surface area contributed by atoms with Crippen molar-refractivity contribution in [2.24, 2.45) is 4.99 Å². The summed E-state index contributed by atoms with van der Waals surface area (Å²) in [5.41, 5.74) is 2.06. The van der Waals surface area contributed by atoms with Crippen molar-refractivity contribution in [3.8, 4) is 0 Å². The van der Waals surface area contributed by atoms with Crippen LogP contribution in [0.3, 0.4) is 0 Å². The minimum atomic E-state index is -2.95. The van der Waals surface area contributed by atoms with E-state index >= 15 is 0 Å². The van der Waals surface area contributed by atoms with Gasteiger partial charge in [0.15, 0.2) is 15.0 Å². The highest BCUT2D eigenvalue weighted by atomic mass is 32.2. The van der Waals surface area contributed by atoms with E-state index in [1.807, 2.05) is 43.1 Å². The average molecular weight is 338 g/mol. The molecule has 2 saturated heterocycles. The third-order valence-corrected chi connectivity index (χ3v) is 7.29. The average Bonchev–Trinajstić information content (AvgIpc) is 2.84. The summed E-state index contributed by atoms with van der Waals surface area (Å²) in [5, 5.41) is 0.642. The van der Waals surface area contributed by atoms with Gasteiger partial charge in [-0.15, -0.1) is 0 Å². The number of carbonyl (C=O) groups excluding carboxylic acids is 1. The Balaban J connectivity index is 1.70. The number of nitrogens with zero attached hydrogens (tertiary/aromatic N) is 2. The highest BCUT2D eigenvalue weighted by Gasteiger charge is 2.47. The Labute approximate surface area is 134 Å². The van der Waals surface area contributed by atoms with Crippen molar-refractivity contribution < 1.29 is 13.2 Å². The van der Waals surface area contributed by atoms with Crippen molar-refractivity contribution in [2.45, 2.75) is 24.6 Å². The number of hydrogen-bond acceptors (Lipinski definition) is 4. The molecule has 7 heteroatoms. The molecule has 0 radical (unpaired) electrons. The van der Waals surface area contributed by atoms with Crippen LogP contribution in [0, 0.1) is 6.92 Å². The van der Waals surface area contributed by atoms with Gasteiger partial charge in [0.2, 0.25) is 0 Å². The Bertz CT molecular complexity index is 743. The van der Waals surface area contributed by atoms with Crippen LogP contribution in [0.4, 0.5) is 0 Å². The molecule has 2 aliphatic heterocycles. The smallest absolute Gasteiger partial charge is 0.252 e.